The molecule has 0 spiro atoms. The zero-order chi connectivity index (χ0) is 15.7. The second-order valence-corrected chi connectivity index (χ2v) is 8.91. The lowest BCUT2D eigenvalue weighted by atomic mass is 9.92. The molecule has 114 valence electrons. The second-order valence-electron chi connectivity index (χ2n) is 5.38. The minimum Gasteiger partial charge on any atom is -0.399 e. The first-order valence-electron chi connectivity index (χ1n) is 6.31. The van der Waals surface area contributed by atoms with Crippen molar-refractivity contribution in [3.05, 3.63) is 45.1 Å². The SMILES string of the molecule is CC(C)(CNS(=O)(=O)c1cc(N)ccc1Br)c1cccs1. The van der Waals surface area contributed by atoms with Gasteiger partial charge in [0.25, 0.3) is 0 Å². The molecule has 0 fully saturated rings. The van der Waals surface area contributed by atoms with Gasteiger partial charge in [-0.1, -0.05) is 19.9 Å². The van der Waals surface area contributed by atoms with Crippen LogP contribution in [0.4, 0.5) is 5.69 Å². The van der Waals surface area contributed by atoms with E-state index in [0.29, 0.717) is 16.7 Å². The molecule has 2 aromatic rings. The number of nitrogen functional groups attached to an aromatic ring is 1. The molecule has 0 aliphatic rings. The van der Waals surface area contributed by atoms with Crippen molar-refractivity contribution in [3.8, 4) is 0 Å². The second kappa shape index (κ2) is 6.08. The van der Waals surface area contributed by atoms with Crippen LogP contribution in [0.2, 0.25) is 0 Å². The number of sulfonamides is 1. The maximum atomic E-state index is 12.4. The Morgan fingerprint density at radius 3 is 2.67 bits per heavy atom. The van der Waals surface area contributed by atoms with Crippen molar-refractivity contribution in [3.63, 3.8) is 0 Å². The van der Waals surface area contributed by atoms with Crippen molar-refractivity contribution in [2.24, 2.45) is 0 Å². The molecule has 0 amide bonds. The smallest absolute Gasteiger partial charge is 0.241 e. The van der Waals surface area contributed by atoms with Gasteiger partial charge >= 0.3 is 0 Å². The summed E-state index contributed by atoms with van der Waals surface area (Å²) in [5, 5.41) is 1.99. The minimum atomic E-state index is -3.61. The summed E-state index contributed by atoms with van der Waals surface area (Å²) in [4.78, 5) is 1.29. The summed E-state index contributed by atoms with van der Waals surface area (Å²) in [7, 11) is -3.61. The third-order valence-electron chi connectivity index (χ3n) is 3.14. The Morgan fingerprint density at radius 2 is 2.05 bits per heavy atom. The molecular formula is C14H17BrN2O2S2. The average Bonchev–Trinajstić information content (AvgIpc) is 2.94. The standard InChI is InChI=1S/C14H17BrN2O2S2/c1-14(2,13-4-3-7-20-13)9-17-21(18,19)12-8-10(16)5-6-11(12)15/h3-8,17H,9,16H2,1-2H3. The molecule has 0 radical (unpaired) electrons. The molecule has 0 saturated carbocycles. The number of anilines is 1. The Morgan fingerprint density at radius 1 is 1.33 bits per heavy atom. The number of nitrogens with two attached hydrogens (primary N) is 1. The van der Waals surface area contributed by atoms with Crippen LogP contribution >= 0.6 is 27.3 Å². The zero-order valence-corrected chi connectivity index (χ0v) is 15.0. The van der Waals surface area contributed by atoms with Gasteiger partial charge in [0, 0.05) is 27.0 Å². The van der Waals surface area contributed by atoms with Gasteiger partial charge in [0.2, 0.25) is 10.0 Å². The highest BCUT2D eigenvalue weighted by atomic mass is 79.9. The first kappa shape index (κ1) is 16.5. The van der Waals surface area contributed by atoms with Crippen LogP contribution in [0.25, 0.3) is 0 Å². The van der Waals surface area contributed by atoms with E-state index in [0.717, 1.165) is 4.88 Å². The summed E-state index contributed by atoms with van der Waals surface area (Å²) < 4.78 is 28.0. The van der Waals surface area contributed by atoms with Gasteiger partial charge in [0.15, 0.2) is 0 Å². The van der Waals surface area contributed by atoms with Gasteiger partial charge in [-0.05, 0) is 45.6 Å². The number of hydrogen-bond acceptors (Lipinski definition) is 4. The third kappa shape index (κ3) is 3.85. The monoisotopic (exact) mass is 388 g/mol. The van der Waals surface area contributed by atoms with Gasteiger partial charge in [0.05, 0.1) is 4.90 Å². The molecule has 2 rings (SSSR count). The van der Waals surface area contributed by atoms with Crippen molar-refractivity contribution in [1.29, 1.82) is 0 Å². The first-order valence-corrected chi connectivity index (χ1v) is 9.47. The van der Waals surface area contributed by atoms with E-state index in [2.05, 4.69) is 20.7 Å². The fraction of sp³-hybridized carbons (Fsp3) is 0.286. The van der Waals surface area contributed by atoms with E-state index in [1.165, 1.54) is 6.07 Å². The van der Waals surface area contributed by atoms with E-state index in [-0.39, 0.29) is 10.3 Å². The number of rotatable bonds is 5. The van der Waals surface area contributed by atoms with Gasteiger partial charge in [-0.2, -0.15) is 0 Å². The summed E-state index contributed by atoms with van der Waals surface area (Å²) >= 11 is 4.87. The molecule has 4 nitrogen and oxygen atoms in total. The van der Waals surface area contributed by atoms with Crippen molar-refractivity contribution in [2.45, 2.75) is 24.2 Å². The number of thiophene rings is 1. The van der Waals surface area contributed by atoms with E-state index < -0.39 is 10.0 Å². The summed E-state index contributed by atoms with van der Waals surface area (Å²) in [5.41, 5.74) is 5.82. The van der Waals surface area contributed by atoms with Gasteiger partial charge in [-0.15, -0.1) is 11.3 Å². The van der Waals surface area contributed by atoms with Crippen LogP contribution in [0.5, 0.6) is 0 Å². The fourth-order valence-corrected chi connectivity index (χ4v) is 4.89. The Bertz CT molecular complexity index is 725. The first-order chi connectivity index (χ1) is 9.72. The molecule has 7 heteroatoms. The number of hydrogen-bond donors (Lipinski definition) is 2. The number of halogens is 1. The average molecular weight is 389 g/mol. The lowest BCUT2D eigenvalue weighted by Gasteiger charge is -2.23. The quantitative estimate of drug-likeness (QED) is 0.771. The van der Waals surface area contributed by atoms with Gasteiger partial charge in [-0.25, -0.2) is 13.1 Å². The molecule has 1 heterocycles. The molecule has 0 saturated heterocycles. The molecule has 0 unspecified atom stereocenters. The highest BCUT2D eigenvalue weighted by Gasteiger charge is 2.26. The zero-order valence-electron chi connectivity index (χ0n) is 11.8. The summed E-state index contributed by atoms with van der Waals surface area (Å²) in [6.45, 7) is 4.34. The van der Waals surface area contributed by atoms with Crippen LogP contribution in [0.15, 0.2) is 45.1 Å². The molecule has 3 N–H and O–H groups in total. The van der Waals surface area contributed by atoms with E-state index >= 15 is 0 Å². The van der Waals surface area contributed by atoms with Crippen LogP contribution in [-0.4, -0.2) is 15.0 Å². The molecule has 1 aromatic carbocycles. The predicted octanol–water partition coefficient (Wildman–Crippen LogP) is 3.35. The highest BCUT2D eigenvalue weighted by Crippen LogP contribution is 2.28. The predicted molar refractivity (Wildman–Crippen MR) is 91.1 cm³/mol. The van der Waals surface area contributed by atoms with E-state index in [1.54, 1.807) is 23.5 Å². The minimum absolute atomic E-state index is 0.157. The highest BCUT2D eigenvalue weighted by molar-refractivity contribution is 9.10. The van der Waals surface area contributed by atoms with Crippen LogP contribution in [0, 0.1) is 0 Å². The topological polar surface area (TPSA) is 72.2 Å². The third-order valence-corrected chi connectivity index (χ3v) is 6.77. The maximum absolute atomic E-state index is 12.4. The normalized spacial score (nSPS) is 12.5. The van der Waals surface area contributed by atoms with Crippen molar-refractivity contribution >= 4 is 43.0 Å². The van der Waals surface area contributed by atoms with Crippen molar-refractivity contribution < 1.29 is 8.42 Å². The van der Waals surface area contributed by atoms with Crippen molar-refractivity contribution in [1.82, 2.24) is 4.72 Å². The Labute approximate surface area is 137 Å². The number of benzene rings is 1. The Balaban J connectivity index is 2.21. The Kier molecular flexibility index (Phi) is 4.77. The number of nitrogens with one attached hydrogen (secondary N) is 1. The molecule has 0 bridgehead atoms. The summed E-state index contributed by atoms with van der Waals surface area (Å²) in [6, 6.07) is 8.71. The maximum Gasteiger partial charge on any atom is 0.241 e. The van der Waals surface area contributed by atoms with Crippen LogP contribution in [0.3, 0.4) is 0 Å². The molecule has 0 aliphatic carbocycles. The largest absolute Gasteiger partial charge is 0.399 e. The van der Waals surface area contributed by atoms with E-state index in [4.69, 9.17) is 5.73 Å². The van der Waals surface area contributed by atoms with Crippen molar-refractivity contribution in [2.75, 3.05) is 12.3 Å². The van der Waals surface area contributed by atoms with Gasteiger partial charge in [0.1, 0.15) is 0 Å². The summed E-state index contributed by atoms with van der Waals surface area (Å²) in [6.07, 6.45) is 0. The Hall–Kier alpha value is -0.890. The molecular weight excluding hydrogens is 372 g/mol. The van der Waals surface area contributed by atoms with E-state index in [9.17, 15) is 8.42 Å². The lowest BCUT2D eigenvalue weighted by Crippen LogP contribution is -2.36. The van der Waals surface area contributed by atoms with Crippen LogP contribution in [0.1, 0.15) is 18.7 Å². The summed E-state index contributed by atoms with van der Waals surface area (Å²) in [5.74, 6) is 0. The molecule has 0 aliphatic heterocycles. The fourth-order valence-electron chi connectivity index (χ4n) is 1.83. The molecule has 0 atom stereocenters. The van der Waals surface area contributed by atoms with Gasteiger partial charge < -0.3 is 5.73 Å². The lowest BCUT2D eigenvalue weighted by molar-refractivity contribution is 0.509. The van der Waals surface area contributed by atoms with E-state index in [1.807, 2.05) is 31.4 Å². The van der Waals surface area contributed by atoms with Crippen LogP contribution in [-0.2, 0) is 15.4 Å². The molecule has 1 aromatic heterocycles. The van der Waals surface area contributed by atoms with Gasteiger partial charge in [-0.3, -0.25) is 0 Å². The molecule has 21 heavy (non-hydrogen) atoms. The van der Waals surface area contributed by atoms with Crippen LogP contribution < -0.4 is 10.5 Å².